The summed E-state index contributed by atoms with van der Waals surface area (Å²) in [6, 6.07) is 10.9. The third-order valence-electron chi connectivity index (χ3n) is 4.85. The number of carbonyl (C=O) groups is 2. The predicted molar refractivity (Wildman–Crippen MR) is 95.6 cm³/mol. The van der Waals surface area contributed by atoms with E-state index in [1.165, 1.54) is 0 Å². The molecule has 1 N–H and O–H groups in total. The minimum Gasteiger partial charge on any atom is -0.350 e. The van der Waals surface area contributed by atoms with Gasteiger partial charge in [0, 0.05) is 31.0 Å². The van der Waals surface area contributed by atoms with Crippen LogP contribution < -0.4 is 5.32 Å². The maximum absolute atomic E-state index is 12.9. The summed E-state index contributed by atoms with van der Waals surface area (Å²) in [7, 11) is 0. The van der Waals surface area contributed by atoms with Crippen molar-refractivity contribution < 1.29 is 9.59 Å². The van der Waals surface area contributed by atoms with Gasteiger partial charge in [0.2, 0.25) is 5.91 Å². The number of rotatable bonds is 6. The summed E-state index contributed by atoms with van der Waals surface area (Å²) in [4.78, 5) is 31.3. The lowest BCUT2D eigenvalue weighted by Crippen LogP contribution is -2.50. The molecule has 0 saturated heterocycles. The van der Waals surface area contributed by atoms with Crippen molar-refractivity contribution >= 4 is 11.8 Å². The molecule has 130 valence electrons. The first-order valence-electron chi connectivity index (χ1n) is 8.67. The molecular weight excluding hydrogens is 314 g/mol. The Kier molecular flexibility index (Phi) is 5.12. The van der Waals surface area contributed by atoms with Gasteiger partial charge in [-0.1, -0.05) is 38.5 Å². The summed E-state index contributed by atoms with van der Waals surface area (Å²) < 4.78 is 0. The van der Waals surface area contributed by atoms with Gasteiger partial charge < -0.3 is 10.2 Å². The molecule has 1 aromatic heterocycles. The Hall–Kier alpha value is -2.69. The normalized spacial score (nSPS) is 15.6. The number of nitrogens with zero attached hydrogens (tertiary/aromatic N) is 2. The fourth-order valence-corrected chi connectivity index (χ4v) is 3.23. The van der Waals surface area contributed by atoms with E-state index in [9.17, 15) is 9.59 Å². The van der Waals surface area contributed by atoms with Gasteiger partial charge in [0.1, 0.15) is 6.04 Å². The average Bonchev–Trinajstić information content (AvgIpc) is 2.97. The fourth-order valence-electron chi connectivity index (χ4n) is 3.23. The molecule has 0 spiro atoms. The van der Waals surface area contributed by atoms with Gasteiger partial charge >= 0.3 is 0 Å². The van der Waals surface area contributed by atoms with E-state index in [0.717, 1.165) is 17.5 Å². The average molecular weight is 337 g/mol. The highest BCUT2D eigenvalue weighted by atomic mass is 16.2. The summed E-state index contributed by atoms with van der Waals surface area (Å²) in [6.45, 7) is 4.99. The van der Waals surface area contributed by atoms with Crippen LogP contribution in [0.25, 0.3) is 0 Å². The van der Waals surface area contributed by atoms with Crippen LogP contribution in [0.15, 0.2) is 48.8 Å². The molecule has 3 rings (SSSR count). The van der Waals surface area contributed by atoms with Crippen LogP contribution >= 0.6 is 0 Å². The van der Waals surface area contributed by atoms with Crippen molar-refractivity contribution in [1.29, 1.82) is 0 Å². The van der Waals surface area contributed by atoms with Crippen molar-refractivity contribution in [1.82, 2.24) is 15.2 Å². The van der Waals surface area contributed by atoms with E-state index in [2.05, 4.69) is 10.3 Å². The van der Waals surface area contributed by atoms with Gasteiger partial charge in [0.15, 0.2) is 0 Å². The van der Waals surface area contributed by atoms with Crippen LogP contribution in [0.3, 0.4) is 0 Å². The van der Waals surface area contributed by atoms with E-state index in [0.29, 0.717) is 18.7 Å². The van der Waals surface area contributed by atoms with Crippen molar-refractivity contribution in [2.75, 3.05) is 0 Å². The Balaban J connectivity index is 1.76. The van der Waals surface area contributed by atoms with Crippen molar-refractivity contribution in [3.8, 4) is 0 Å². The van der Waals surface area contributed by atoms with Crippen LogP contribution in [0.5, 0.6) is 0 Å². The second-order valence-corrected chi connectivity index (χ2v) is 6.49. The van der Waals surface area contributed by atoms with Gasteiger partial charge in [-0.2, -0.15) is 0 Å². The van der Waals surface area contributed by atoms with Gasteiger partial charge in [-0.25, -0.2) is 0 Å². The number of hydrogen-bond donors (Lipinski definition) is 1. The van der Waals surface area contributed by atoms with E-state index in [4.69, 9.17) is 0 Å². The van der Waals surface area contributed by atoms with Crippen molar-refractivity contribution in [2.24, 2.45) is 5.92 Å². The summed E-state index contributed by atoms with van der Waals surface area (Å²) in [5.41, 5.74) is 2.68. The van der Waals surface area contributed by atoms with Gasteiger partial charge in [0.05, 0.1) is 0 Å². The molecule has 1 aliphatic rings. The minimum absolute atomic E-state index is 0.0556. The standard InChI is InChI=1S/C20H23N3O2/c1-3-14(2)18(19(24)22-12-15-8-10-21-11-9-15)23-13-16-6-4-5-7-17(16)20(23)25/h4-11,14,18H,3,12-13H2,1-2H3,(H,22,24)/t14-,18-/m1/s1. The molecule has 1 aromatic carbocycles. The molecule has 0 fully saturated rings. The van der Waals surface area contributed by atoms with Crippen LogP contribution in [0.1, 0.15) is 41.8 Å². The Morgan fingerprint density at radius 3 is 2.64 bits per heavy atom. The summed E-state index contributed by atoms with van der Waals surface area (Å²) in [5.74, 6) is -0.0806. The zero-order valence-electron chi connectivity index (χ0n) is 14.6. The van der Waals surface area contributed by atoms with Crippen LogP contribution in [-0.2, 0) is 17.9 Å². The zero-order valence-corrected chi connectivity index (χ0v) is 14.6. The summed E-state index contributed by atoms with van der Waals surface area (Å²) in [5, 5.41) is 2.98. The lowest BCUT2D eigenvalue weighted by molar-refractivity contribution is -0.127. The topological polar surface area (TPSA) is 62.3 Å². The highest BCUT2D eigenvalue weighted by Crippen LogP contribution is 2.28. The first-order chi connectivity index (χ1) is 12.1. The first-order valence-corrected chi connectivity index (χ1v) is 8.67. The van der Waals surface area contributed by atoms with Crippen LogP contribution in [-0.4, -0.2) is 27.7 Å². The maximum Gasteiger partial charge on any atom is 0.255 e. The van der Waals surface area contributed by atoms with Crippen LogP contribution in [0.2, 0.25) is 0 Å². The predicted octanol–water partition coefficient (Wildman–Crippen LogP) is 2.77. The van der Waals surface area contributed by atoms with E-state index in [-0.39, 0.29) is 17.7 Å². The van der Waals surface area contributed by atoms with Gasteiger partial charge in [0.25, 0.3) is 5.91 Å². The van der Waals surface area contributed by atoms with Gasteiger partial charge in [-0.15, -0.1) is 0 Å². The monoisotopic (exact) mass is 337 g/mol. The van der Waals surface area contributed by atoms with E-state index in [1.54, 1.807) is 17.3 Å². The molecule has 1 aliphatic heterocycles. The first kappa shape index (κ1) is 17.1. The Bertz CT molecular complexity index is 761. The number of fused-ring (bicyclic) bond motifs is 1. The quantitative estimate of drug-likeness (QED) is 0.882. The molecule has 2 heterocycles. The molecule has 25 heavy (non-hydrogen) atoms. The molecule has 2 aromatic rings. The van der Waals surface area contributed by atoms with E-state index < -0.39 is 6.04 Å². The van der Waals surface area contributed by atoms with E-state index in [1.807, 2.05) is 50.2 Å². The second-order valence-electron chi connectivity index (χ2n) is 6.49. The van der Waals surface area contributed by atoms with Crippen molar-refractivity contribution in [3.05, 3.63) is 65.5 Å². The summed E-state index contributed by atoms with van der Waals surface area (Å²) in [6.07, 6.45) is 4.23. The fraction of sp³-hybridized carbons (Fsp3) is 0.350. The van der Waals surface area contributed by atoms with Gasteiger partial charge in [-0.05, 0) is 35.2 Å². The molecule has 5 nitrogen and oxygen atoms in total. The molecular formula is C20H23N3O2. The minimum atomic E-state index is -0.466. The van der Waals surface area contributed by atoms with Crippen molar-refractivity contribution in [2.45, 2.75) is 39.4 Å². The highest BCUT2D eigenvalue weighted by Gasteiger charge is 2.38. The van der Waals surface area contributed by atoms with E-state index >= 15 is 0 Å². The molecule has 5 heteroatoms. The number of nitrogens with one attached hydrogen (secondary N) is 1. The number of benzene rings is 1. The third kappa shape index (κ3) is 3.55. The number of carbonyl (C=O) groups excluding carboxylic acids is 2. The Morgan fingerprint density at radius 2 is 1.96 bits per heavy atom. The van der Waals surface area contributed by atoms with Gasteiger partial charge in [-0.3, -0.25) is 14.6 Å². The molecule has 0 bridgehead atoms. The molecule has 2 atom stereocenters. The Labute approximate surface area is 148 Å². The van der Waals surface area contributed by atoms with Crippen molar-refractivity contribution in [3.63, 3.8) is 0 Å². The molecule has 0 aliphatic carbocycles. The summed E-state index contributed by atoms with van der Waals surface area (Å²) >= 11 is 0. The molecule has 0 unspecified atom stereocenters. The zero-order chi connectivity index (χ0) is 17.8. The maximum atomic E-state index is 12.9. The number of aromatic nitrogens is 1. The number of hydrogen-bond acceptors (Lipinski definition) is 3. The number of amides is 2. The molecule has 0 radical (unpaired) electrons. The SMILES string of the molecule is CC[C@@H](C)[C@H](C(=O)NCc1ccncc1)N1Cc2ccccc2C1=O. The highest BCUT2D eigenvalue weighted by molar-refractivity contribution is 6.01. The number of pyridine rings is 1. The molecule has 2 amide bonds. The van der Waals surface area contributed by atoms with Crippen LogP contribution in [0, 0.1) is 5.92 Å². The molecule has 0 saturated carbocycles. The second kappa shape index (κ2) is 7.47. The smallest absolute Gasteiger partial charge is 0.255 e. The Morgan fingerprint density at radius 1 is 1.24 bits per heavy atom. The lowest BCUT2D eigenvalue weighted by Gasteiger charge is -2.31. The largest absolute Gasteiger partial charge is 0.350 e. The van der Waals surface area contributed by atoms with Crippen LogP contribution in [0.4, 0.5) is 0 Å². The third-order valence-corrected chi connectivity index (χ3v) is 4.85. The lowest BCUT2D eigenvalue weighted by atomic mass is 9.96.